The molecule has 4 amide bonds. The van der Waals surface area contributed by atoms with Gasteiger partial charge in [-0.3, -0.25) is 9.59 Å². The summed E-state index contributed by atoms with van der Waals surface area (Å²) in [5.41, 5.74) is 5.67. The predicted octanol–water partition coefficient (Wildman–Crippen LogP) is 7.02. The van der Waals surface area contributed by atoms with E-state index in [-0.39, 0.29) is 47.3 Å². The second kappa shape index (κ2) is 14.8. The van der Waals surface area contributed by atoms with E-state index in [1.54, 1.807) is 0 Å². The van der Waals surface area contributed by atoms with E-state index in [1.807, 2.05) is 11.1 Å². The zero-order valence-corrected chi connectivity index (χ0v) is 36.3. The van der Waals surface area contributed by atoms with Crippen LogP contribution < -0.4 is 10.6 Å². The molecule has 332 valence electrons. The summed E-state index contributed by atoms with van der Waals surface area (Å²) in [4.78, 5) is 74.8. The minimum Gasteiger partial charge on any atom is -0.453 e. The molecular formula is C49H54N8O7. The largest absolute Gasteiger partial charge is 0.453 e. The van der Waals surface area contributed by atoms with Crippen molar-refractivity contribution in [2.45, 2.75) is 94.0 Å². The third-order valence-electron chi connectivity index (χ3n) is 16.6. The maximum absolute atomic E-state index is 14.5. The van der Waals surface area contributed by atoms with Gasteiger partial charge in [0.05, 0.1) is 54.8 Å². The molecule has 0 bridgehead atoms. The minimum absolute atomic E-state index is 0.0138. The molecule has 7 aliphatic rings. The van der Waals surface area contributed by atoms with Gasteiger partial charge in [-0.1, -0.05) is 37.3 Å². The number of hydrogen-bond donors (Lipinski definition) is 4. The van der Waals surface area contributed by atoms with E-state index in [1.165, 1.54) is 14.2 Å². The summed E-state index contributed by atoms with van der Waals surface area (Å²) in [5.74, 6) is 3.24. The quantitative estimate of drug-likeness (QED) is 0.127. The van der Waals surface area contributed by atoms with Gasteiger partial charge < -0.3 is 44.6 Å². The molecule has 2 aromatic heterocycles. The number of hydrogen-bond acceptors (Lipinski definition) is 9. The van der Waals surface area contributed by atoms with Crippen LogP contribution in [0.2, 0.25) is 0 Å². The van der Waals surface area contributed by atoms with Gasteiger partial charge in [-0.15, -0.1) is 0 Å². The number of aromatic amines is 2. The molecule has 3 saturated carbocycles. The Morgan fingerprint density at radius 2 is 1.61 bits per heavy atom. The molecule has 4 N–H and O–H groups in total. The second-order valence-corrected chi connectivity index (χ2v) is 19.6. The number of benzene rings is 3. The molecule has 6 heterocycles. The summed E-state index contributed by atoms with van der Waals surface area (Å²) in [6.07, 6.45) is 8.02. The standard InChI is InChI=1S/C49H54N8O7/c1-24-33-9-10-34(33)49-22-32(49)21-40(57(49)46(59)41(24)54-47(60)62-2)44-51-35-11-8-29(18-36(35)52-44)27-4-5-28-17-30(7-6-26(28)16-27)37-23-50-43(53-37)39-20-31-19-38(31)56(39)45(58)42(55-48(61)63-3)25-12-14-64-15-13-25/h4-8,11,16-18,23-25,31-34,38-42H,9-10,12-15,19-22H2,1-3H3,(H,50,53)(H,51,52)(H,54,60)(H,55,61)/t24?,31-,32+,33?,34?,38-,39+,40+,41+,42+,49-/m1/s1. The molecule has 1 spiro atoms. The van der Waals surface area contributed by atoms with Gasteiger partial charge in [-0.2, -0.15) is 0 Å². The number of nitrogens with zero attached hydrogens (tertiary/aromatic N) is 4. The number of fused-ring (bicyclic) bond motifs is 4. The first-order chi connectivity index (χ1) is 31.1. The molecule has 4 aliphatic heterocycles. The Hall–Kier alpha value is -5.96. The normalized spacial score (nSPS) is 31.9. The number of carbonyl (C=O) groups excluding carboxylic acids is 4. The van der Waals surface area contributed by atoms with Gasteiger partial charge in [0.2, 0.25) is 11.8 Å². The van der Waals surface area contributed by atoms with Crippen molar-refractivity contribution < 1.29 is 33.4 Å². The number of methoxy groups -OCH3 is 2. The highest BCUT2D eigenvalue weighted by Gasteiger charge is 2.75. The number of likely N-dealkylation sites (tertiary alicyclic amines) is 1. The lowest BCUT2D eigenvalue weighted by atomic mass is 9.62. The molecule has 3 aromatic carbocycles. The van der Waals surface area contributed by atoms with Crippen molar-refractivity contribution >= 4 is 45.8 Å². The fraction of sp³-hybridized carbons (Fsp3) is 0.510. The summed E-state index contributed by atoms with van der Waals surface area (Å²) in [6.45, 7) is 3.24. The van der Waals surface area contributed by atoms with Crippen molar-refractivity contribution in [2.24, 2.45) is 35.5 Å². The van der Waals surface area contributed by atoms with Crippen molar-refractivity contribution in [1.29, 1.82) is 0 Å². The lowest BCUT2D eigenvalue weighted by Gasteiger charge is -2.46. The fourth-order valence-electron chi connectivity index (χ4n) is 13.0. The van der Waals surface area contributed by atoms with Crippen LogP contribution in [0.1, 0.15) is 82.0 Å². The van der Waals surface area contributed by atoms with E-state index in [0.717, 1.165) is 94.4 Å². The first-order valence-corrected chi connectivity index (χ1v) is 23.1. The molecule has 0 radical (unpaired) electrons. The Bertz CT molecular complexity index is 2730. The third kappa shape index (κ3) is 6.16. The van der Waals surface area contributed by atoms with Crippen molar-refractivity contribution in [3.05, 3.63) is 72.4 Å². The second-order valence-electron chi connectivity index (χ2n) is 19.6. The molecule has 11 atom stereocenters. The average Bonchev–Trinajstić information content (AvgIpc) is 3.87. The zero-order chi connectivity index (χ0) is 43.6. The van der Waals surface area contributed by atoms with Crippen molar-refractivity contribution in [3.63, 3.8) is 0 Å². The van der Waals surface area contributed by atoms with Gasteiger partial charge in [0.25, 0.3) is 0 Å². The van der Waals surface area contributed by atoms with Gasteiger partial charge in [0.1, 0.15) is 23.7 Å². The van der Waals surface area contributed by atoms with Crippen LogP contribution in [-0.4, -0.2) is 105 Å². The molecule has 15 heteroatoms. The summed E-state index contributed by atoms with van der Waals surface area (Å²) in [7, 11) is 2.67. The van der Waals surface area contributed by atoms with Crippen LogP contribution in [0.3, 0.4) is 0 Å². The van der Waals surface area contributed by atoms with E-state index in [9.17, 15) is 19.2 Å². The SMILES string of the molecule is COC(=O)N[C@H](C(=O)N1[C@@H]2C[C@@H]2C[C@H]1c1ncc(-c2ccc3cc(-c4ccc5nc([C@@H]6C[C@H]7C[C@]78C7CCC7C(C)[C@H](NC(=O)OC)C(=O)N68)[nH]c5c4)ccc3c2)[nH]1)C1CCOCC1. The first-order valence-electron chi connectivity index (χ1n) is 23.1. The van der Waals surface area contributed by atoms with Crippen LogP contribution in [0.5, 0.6) is 0 Å². The summed E-state index contributed by atoms with van der Waals surface area (Å²) in [5, 5.41) is 7.97. The van der Waals surface area contributed by atoms with Gasteiger partial charge in [-0.25, -0.2) is 19.6 Å². The molecule has 5 aromatic rings. The lowest BCUT2D eigenvalue weighted by Crippen LogP contribution is -2.54. The van der Waals surface area contributed by atoms with Gasteiger partial charge in [0, 0.05) is 24.8 Å². The topological polar surface area (TPSA) is 184 Å². The van der Waals surface area contributed by atoms with Gasteiger partial charge in [-0.05, 0) is 133 Å². The van der Waals surface area contributed by atoms with Crippen LogP contribution >= 0.6 is 0 Å². The number of rotatable bonds is 8. The number of amides is 4. The van der Waals surface area contributed by atoms with Crippen LogP contribution in [0.15, 0.2) is 60.8 Å². The first kappa shape index (κ1) is 39.6. The minimum atomic E-state index is -0.676. The Morgan fingerprint density at radius 3 is 2.38 bits per heavy atom. The predicted molar refractivity (Wildman–Crippen MR) is 235 cm³/mol. The average molecular weight is 867 g/mol. The monoisotopic (exact) mass is 866 g/mol. The molecule has 7 fully saturated rings. The number of imidazole rings is 2. The Labute approximate surface area is 370 Å². The number of aromatic nitrogens is 4. The number of H-pyrrole nitrogens is 2. The highest BCUT2D eigenvalue weighted by Crippen LogP contribution is 2.71. The van der Waals surface area contributed by atoms with E-state index in [0.29, 0.717) is 49.7 Å². The molecule has 3 aliphatic carbocycles. The lowest BCUT2D eigenvalue weighted by molar-refractivity contribution is -0.139. The number of carbonyl (C=O) groups is 4. The number of nitrogens with one attached hydrogen (secondary N) is 4. The van der Waals surface area contributed by atoms with E-state index < -0.39 is 24.3 Å². The van der Waals surface area contributed by atoms with Crippen molar-refractivity contribution in [2.75, 3.05) is 27.4 Å². The highest BCUT2D eigenvalue weighted by molar-refractivity contribution is 5.92. The van der Waals surface area contributed by atoms with Crippen LogP contribution in [-0.2, 0) is 23.8 Å². The summed E-state index contributed by atoms with van der Waals surface area (Å²) >= 11 is 0. The van der Waals surface area contributed by atoms with Crippen LogP contribution in [0, 0.1) is 35.5 Å². The molecule has 12 rings (SSSR count). The number of ether oxygens (including phenoxy) is 3. The van der Waals surface area contributed by atoms with Crippen LogP contribution in [0.4, 0.5) is 9.59 Å². The Morgan fingerprint density at radius 1 is 0.859 bits per heavy atom. The molecule has 4 saturated heterocycles. The zero-order valence-electron chi connectivity index (χ0n) is 36.3. The van der Waals surface area contributed by atoms with Gasteiger partial charge in [0.15, 0.2) is 0 Å². The maximum atomic E-state index is 14.5. The summed E-state index contributed by atoms with van der Waals surface area (Å²) < 4.78 is 15.4. The molecule has 3 unspecified atom stereocenters. The van der Waals surface area contributed by atoms with Crippen molar-refractivity contribution in [3.8, 4) is 22.4 Å². The number of piperidine rings is 2. The maximum Gasteiger partial charge on any atom is 0.407 e. The summed E-state index contributed by atoms with van der Waals surface area (Å²) in [6, 6.07) is 17.7. The van der Waals surface area contributed by atoms with E-state index >= 15 is 0 Å². The Balaban J connectivity index is 0.777. The number of alkyl carbamates (subject to hydrolysis) is 2. The Kier molecular flexibility index (Phi) is 9.16. The van der Waals surface area contributed by atoms with Crippen molar-refractivity contribution in [1.82, 2.24) is 40.4 Å². The van der Waals surface area contributed by atoms with E-state index in [4.69, 9.17) is 24.2 Å². The smallest absolute Gasteiger partial charge is 0.407 e. The third-order valence-corrected chi connectivity index (χ3v) is 16.6. The molecular weight excluding hydrogens is 813 g/mol. The fourth-order valence-corrected chi connectivity index (χ4v) is 13.0. The van der Waals surface area contributed by atoms with Gasteiger partial charge >= 0.3 is 12.2 Å². The van der Waals surface area contributed by atoms with Crippen LogP contribution in [0.25, 0.3) is 44.2 Å². The molecule has 15 nitrogen and oxygen atoms in total. The van der Waals surface area contributed by atoms with E-state index in [2.05, 4.69) is 87.0 Å². The highest BCUT2D eigenvalue weighted by atomic mass is 16.5. The molecule has 64 heavy (non-hydrogen) atoms.